The highest BCUT2D eigenvalue weighted by Crippen LogP contribution is 2.37. The van der Waals surface area contributed by atoms with E-state index in [9.17, 15) is 5.11 Å². The van der Waals surface area contributed by atoms with Gasteiger partial charge in [0.25, 0.3) is 0 Å². The molecule has 2 saturated heterocycles. The van der Waals surface area contributed by atoms with Crippen molar-refractivity contribution in [3.05, 3.63) is 35.2 Å². The van der Waals surface area contributed by atoms with E-state index in [0.29, 0.717) is 6.04 Å². The largest absolute Gasteiger partial charge is 0.389 e. The predicted molar refractivity (Wildman–Crippen MR) is 84.3 cm³/mol. The predicted octanol–water partition coefficient (Wildman–Crippen LogP) is 3.43. The molecule has 3 heterocycles. The fourth-order valence-corrected chi connectivity index (χ4v) is 4.96. The lowest BCUT2D eigenvalue weighted by Gasteiger charge is -2.41. The molecule has 0 amide bonds. The molecule has 2 atom stereocenters. The molecule has 3 heteroatoms. The summed E-state index contributed by atoms with van der Waals surface area (Å²) in [7, 11) is 0. The van der Waals surface area contributed by atoms with Gasteiger partial charge in [-0.2, -0.15) is 0 Å². The van der Waals surface area contributed by atoms with Gasteiger partial charge in [0.2, 0.25) is 0 Å². The second kappa shape index (κ2) is 4.83. The molecule has 1 N–H and O–H groups in total. The Bertz CT molecular complexity index is 622. The highest BCUT2D eigenvalue weighted by molar-refractivity contribution is 7.17. The highest BCUT2D eigenvalue weighted by Gasteiger charge is 2.40. The second-order valence-electron chi connectivity index (χ2n) is 6.44. The third kappa shape index (κ3) is 2.18. The minimum atomic E-state index is -0.491. The van der Waals surface area contributed by atoms with Crippen molar-refractivity contribution in [2.75, 3.05) is 13.1 Å². The summed E-state index contributed by atoms with van der Waals surface area (Å²) >= 11 is 1.80. The molecule has 2 aromatic rings. The standard InChI is InChI=1S/C17H21NOS/c19-17(7-9-18-8-3-4-14(18)11-17)10-13-12-20-16-6-2-1-5-15(13)16/h1-2,5-6,12,14,19H,3-4,7-11H2. The van der Waals surface area contributed by atoms with Gasteiger partial charge in [-0.15, -0.1) is 11.3 Å². The number of piperidine rings is 1. The number of rotatable bonds is 2. The summed E-state index contributed by atoms with van der Waals surface area (Å²) in [5, 5.41) is 14.6. The fraction of sp³-hybridized carbons (Fsp3) is 0.529. The first-order valence-electron chi connectivity index (χ1n) is 7.65. The maximum absolute atomic E-state index is 11.0. The van der Waals surface area contributed by atoms with Crippen LogP contribution in [0.1, 0.15) is 31.2 Å². The quantitative estimate of drug-likeness (QED) is 0.914. The average Bonchev–Trinajstić information content (AvgIpc) is 3.05. The van der Waals surface area contributed by atoms with Gasteiger partial charge in [-0.3, -0.25) is 0 Å². The van der Waals surface area contributed by atoms with Gasteiger partial charge in [0.1, 0.15) is 0 Å². The third-order valence-electron chi connectivity index (χ3n) is 5.06. The summed E-state index contributed by atoms with van der Waals surface area (Å²) < 4.78 is 1.34. The summed E-state index contributed by atoms with van der Waals surface area (Å²) in [4.78, 5) is 2.57. The van der Waals surface area contributed by atoms with Gasteiger partial charge in [0.15, 0.2) is 0 Å². The Morgan fingerprint density at radius 2 is 2.20 bits per heavy atom. The van der Waals surface area contributed by atoms with Crippen LogP contribution >= 0.6 is 11.3 Å². The normalized spacial score (nSPS) is 30.8. The summed E-state index contributed by atoms with van der Waals surface area (Å²) in [6.45, 7) is 2.31. The zero-order valence-electron chi connectivity index (χ0n) is 11.7. The zero-order chi connectivity index (χ0) is 13.6. The smallest absolute Gasteiger partial charge is 0.0715 e. The van der Waals surface area contributed by atoms with Crippen LogP contribution in [0.3, 0.4) is 0 Å². The van der Waals surface area contributed by atoms with Crippen LogP contribution in [0.5, 0.6) is 0 Å². The van der Waals surface area contributed by atoms with E-state index >= 15 is 0 Å². The first-order chi connectivity index (χ1) is 9.73. The van der Waals surface area contributed by atoms with Crippen molar-refractivity contribution in [1.29, 1.82) is 0 Å². The number of benzene rings is 1. The van der Waals surface area contributed by atoms with E-state index in [0.717, 1.165) is 25.8 Å². The SMILES string of the molecule is OC1(Cc2csc3ccccc23)CCN2CCCC2C1. The van der Waals surface area contributed by atoms with E-state index in [1.807, 2.05) is 0 Å². The Labute approximate surface area is 124 Å². The first-order valence-corrected chi connectivity index (χ1v) is 8.53. The Morgan fingerprint density at radius 3 is 3.15 bits per heavy atom. The van der Waals surface area contributed by atoms with Crippen molar-refractivity contribution in [3.63, 3.8) is 0 Å². The van der Waals surface area contributed by atoms with Gasteiger partial charge in [-0.05, 0) is 54.6 Å². The molecule has 20 heavy (non-hydrogen) atoms. The zero-order valence-corrected chi connectivity index (χ0v) is 12.5. The molecule has 4 rings (SSSR count). The molecule has 2 unspecified atom stereocenters. The summed E-state index contributed by atoms with van der Waals surface area (Å²) in [6, 6.07) is 9.18. The number of hydrogen-bond acceptors (Lipinski definition) is 3. The molecule has 1 aromatic heterocycles. The molecule has 0 aliphatic carbocycles. The van der Waals surface area contributed by atoms with Gasteiger partial charge in [0, 0.05) is 23.7 Å². The van der Waals surface area contributed by atoms with E-state index in [4.69, 9.17) is 0 Å². The molecule has 0 radical (unpaired) electrons. The van der Waals surface area contributed by atoms with Gasteiger partial charge < -0.3 is 10.0 Å². The fourth-order valence-electron chi connectivity index (χ4n) is 4.00. The lowest BCUT2D eigenvalue weighted by atomic mass is 9.82. The highest BCUT2D eigenvalue weighted by atomic mass is 32.1. The van der Waals surface area contributed by atoms with Crippen molar-refractivity contribution >= 4 is 21.4 Å². The monoisotopic (exact) mass is 287 g/mol. The van der Waals surface area contributed by atoms with Gasteiger partial charge in [-0.1, -0.05) is 18.2 Å². The molecule has 0 saturated carbocycles. The van der Waals surface area contributed by atoms with E-state index in [-0.39, 0.29) is 0 Å². The van der Waals surface area contributed by atoms with Gasteiger partial charge >= 0.3 is 0 Å². The number of nitrogens with zero attached hydrogens (tertiary/aromatic N) is 1. The van der Waals surface area contributed by atoms with Crippen LogP contribution in [-0.2, 0) is 6.42 Å². The minimum absolute atomic E-state index is 0.491. The average molecular weight is 287 g/mol. The second-order valence-corrected chi connectivity index (χ2v) is 7.36. The molecule has 2 aliphatic rings. The summed E-state index contributed by atoms with van der Waals surface area (Å²) in [5.41, 5.74) is 0.842. The summed E-state index contributed by atoms with van der Waals surface area (Å²) in [5.74, 6) is 0. The first kappa shape index (κ1) is 12.8. The topological polar surface area (TPSA) is 23.5 Å². The van der Waals surface area contributed by atoms with Gasteiger partial charge in [0.05, 0.1) is 5.60 Å². The van der Waals surface area contributed by atoms with Crippen molar-refractivity contribution < 1.29 is 5.11 Å². The summed E-state index contributed by atoms with van der Waals surface area (Å²) in [6.07, 6.45) is 5.28. The Morgan fingerprint density at radius 1 is 1.30 bits per heavy atom. The van der Waals surface area contributed by atoms with E-state index in [2.05, 4.69) is 34.5 Å². The molecular formula is C17H21NOS. The number of hydrogen-bond donors (Lipinski definition) is 1. The molecule has 0 spiro atoms. The van der Waals surface area contributed by atoms with Crippen LogP contribution in [0.15, 0.2) is 29.6 Å². The number of aliphatic hydroxyl groups is 1. The van der Waals surface area contributed by atoms with Crippen molar-refractivity contribution in [1.82, 2.24) is 4.90 Å². The van der Waals surface area contributed by atoms with Crippen LogP contribution in [0.25, 0.3) is 10.1 Å². The van der Waals surface area contributed by atoms with Crippen LogP contribution in [0, 0.1) is 0 Å². The molecule has 2 nitrogen and oxygen atoms in total. The van der Waals surface area contributed by atoms with Crippen LogP contribution < -0.4 is 0 Å². The lowest BCUT2D eigenvalue weighted by Crippen LogP contribution is -2.48. The van der Waals surface area contributed by atoms with E-state index < -0.39 is 5.60 Å². The van der Waals surface area contributed by atoms with Crippen molar-refractivity contribution in [3.8, 4) is 0 Å². The number of thiophene rings is 1. The maximum Gasteiger partial charge on any atom is 0.0715 e. The van der Waals surface area contributed by atoms with Crippen LogP contribution in [0.4, 0.5) is 0 Å². The molecule has 1 aromatic carbocycles. The van der Waals surface area contributed by atoms with Crippen LogP contribution in [-0.4, -0.2) is 34.7 Å². The van der Waals surface area contributed by atoms with Crippen molar-refractivity contribution in [2.24, 2.45) is 0 Å². The molecule has 106 valence electrons. The Hall–Kier alpha value is -0.900. The van der Waals surface area contributed by atoms with E-state index in [1.165, 1.54) is 35.0 Å². The molecule has 0 bridgehead atoms. The molecule has 2 fully saturated rings. The minimum Gasteiger partial charge on any atom is -0.389 e. The van der Waals surface area contributed by atoms with E-state index in [1.54, 1.807) is 11.3 Å². The van der Waals surface area contributed by atoms with Crippen molar-refractivity contribution in [2.45, 2.75) is 43.7 Å². The third-order valence-corrected chi connectivity index (χ3v) is 6.07. The number of fused-ring (bicyclic) bond motifs is 2. The maximum atomic E-state index is 11.0. The molecule has 2 aliphatic heterocycles. The van der Waals surface area contributed by atoms with Crippen LogP contribution in [0.2, 0.25) is 0 Å². The lowest BCUT2D eigenvalue weighted by molar-refractivity contribution is -0.0351. The Balaban J connectivity index is 1.58. The molecular weight excluding hydrogens is 266 g/mol. The van der Waals surface area contributed by atoms with Gasteiger partial charge in [-0.25, -0.2) is 0 Å². The Kier molecular flexibility index (Phi) is 3.09.